The Hall–Kier alpha value is -2.83. The number of hydrogen-bond donors (Lipinski definition) is 2. The molecule has 37 heavy (non-hydrogen) atoms. The summed E-state index contributed by atoms with van der Waals surface area (Å²) in [5, 5.41) is 15.0. The van der Waals surface area contributed by atoms with Crippen molar-refractivity contribution in [2.24, 2.45) is 16.3 Å². The number of halogens is 1. The van der Waals surface area contributed by atoms with Crippen molar-refractivity contribution in [1.82, 2.24) is 0 Å². The number of nitrogens with one attached hydrogen (secondary N) is 1. The van der Waals surface area contributed by atoms with E-state index >= 15 is 0 Å². The van der Waals surface area contributed by atoms with Crippen LogP contribution in [0.2, 0.25) is 5.02 Å². The van der Waals surface area contributed by atoms with Crippen molar-refractivity contribution in [3.05, 3.63) is 69.1 Å². The number of carbonyl (C=O) groups excluding carboxylic acids is 1. The number of nitrogens with zero attached hydrogens (tertiary/aromatic N) is 2. The second-order valence-electron chi connectivity index (χ2n) is 10.6. The van der Waals surface area contributed by atoms with Gasteiger partial charge in [-0.25, -0.2) is 4.99 Å². The lowest BCUT2D eigenvalue weighted by atomic mass is 9.72. The van der Waals surface area contributed by atoms with E-state index in [0.29, 0.717) is 32.8 Å². The molecule has 0 saturated carbocycles. The topological polar surface area (TPSA) is 64.9 Å². The average Bonchev–Trinajstić information content (AvgIpc) is 3.23. The molecule has 1 aliphatic rings. The highest BCUT2D eigenvalue weighted by atomic mass is 35.5. The number of amides is 1. The van der Waals surface area contributed by atoms with Gasteiger partial charge in [-0.15, -0.1) is 11.3 Å². The summed E-state index contributed by atoms with van der Waals surface area (Å²) in [6, 6.07) is 12.8. The Morgan fingerprint density at radius 1 is 1.19 bits per heavy atom. The predicted molar refractivity (Wildman–Crippen MR) is 158 cm³/mol. The lowest BCUT2D eigenvalue weighted by molar-refractivity contribution is 0.102. The molecule has 0 saturated heterocycles. The molecule has 7 heteroatoms. The van der Waals surface area contributed by atoms with E-state index in [-0.39, 0.29) is 17.1 Å². The van der Waals surface area contributed by atoms with Crippen LogP contribution in [0.4, 0.5) is 16.4 Å². The number of fused-ring (bicyclic) bond motifs is 1. The minimum Gasteiger partial charge on any atom is -0.507 e. The Labute approximate surface area is 229 Å². The van der Waals surface area contributed by atoms with Crippen LogP contribution in [-0.2, 0) is 12.8 Å². The quantitative estimate of drug-likeness (QED) is 0.299. The van der Waals surface area contributed by atoms with Crippen molar-refractivity contribution < 1.29 is 9.90 Å². The zero-order chi connectivity index (χ0) is 26.7. The van der Waals surface area contributed by atoms with E-state index in [1.54, 1.807) is 47.9 Å². The number of aromatic hydroxyl groups is 1. The fourth-order valence-electron chi connectivity index (χ4n) is 4.92. The molecular formula is C30H36ClN3O2S. The number of thiophene rings is 1. The number of rotatable bonds is 7. The number of anilines is 2. The van der Waals surface area contributed by atoms with Gasteiger partial charge in [-0.05, 0) is 86.4 Å². The predicted octanol–water partition coefficient (Wildman–Crippen LogP) is 8.11. The number of hydrogen-bond acceptors (Lipinski definition) is 5. The van der Waals surface area contributed by atoms with Gasteiger partial charge in [0.25, 0.3) is 5.91 Å². The molecule has 3 aromatic rings. The Balaban J connectivity index is 1.68. The number of phenolic OH excluding ortho intramolecular Hbond substituents is 1. The minimum absolute atomic E-state index is 0.165. The summed E-state index contributed by atoms with van der Waals surface area (Å²) in [6.07, 6.45) is 4.52. The molecule has 1 amide bonds. The number of carbonyl (C=O) groups is 1. The van der Waals surface area contributed by atoms with Crippen LogP contribution < -0.4 is 10.2 Å². The van der Waals surface area contributed by atoms with Crippen molar-refractivity contribution in [1.29, 1.82) is 0 Å². The first-order valence-electron chi connectivity index (χ1n) is 12.9. The van der Waals surface area contributed by atoms with E-state index in [4.69, 9.17) is 16.6 Å². The van der Waals surface area contributed by atoms with Crippen LogP contribution in [0.25, 0.3) is 0 Å². The van der Waals surface area contributed by atoms with Gasteiger partial charge in [0, 0.05) is 52.2 Å². The van der Waals surface area contributed by atoms with Gasteiger partial charge in [0.2, 0.25) is 0 Å². The normalized spacial score (nSPS) is 15.6. The molecule has 0 radical (unpaired) electrons. The highest BCUT2D eigenvalue weighted by molar-refractivity contribution is 7.16. The maximum absolute atomic E-state index is 13.5. The Kier molecular flexibility index (Phi) is 8.29. The Morgan fingerprint density at radius 3 is 2.51 bits per heavy atom. The Morgan fingerprint density at radius 2 is 1.89 bits per heavy atom. The van der Waals surface area contributed by atoms with Gasteiger partial charge in [0.15, 0.2) is 0 Å². The average molecular weight is 538 g/mol. The van der Waals surface area contributed by atoms with E-state index in [2.05, 4.69) is 44.8 Å². The molecule has 0 aliphatic heterocycles. The van der Waals surface area contributed by atoms with Crippen molar-refractivity contribution in [3.63, 3.8) is 0 Å². The van der Waals surface area contributed by atoms with Crippen molar-refractivity contribution >= 4 is 51.4 Å². The van der Waals surface area contributed by atoms with Crippen LogP contribution in [0.15, 0.2) is 47.5 Å². The van der Waals surface area contributed by atoms with Gasteiger partial charge in [-0.1, -0.05) is 32.4 Å². The smallest absolute Gasteiger partial charge is 0.259 e. The molecule has 0 bridgehead atoms. The molecule has 2 aromatic carbocycles. The third kappa shape index (κ3) is 6.19. The molecule has 1 heterocycles. The highest BCUT2D eigenvalue weighted by Crippen LogP contribution is 2.45. The molecule has 0 spiro atoms. The zero-order valence-corrected chi connectivity index (χ0v) is 23.8. The Bertz CT molecular complexity index is 1290. The first-order valence-corrected chi connectivity index (χ1v) is 14.1. The summed E-state index contributed by atoms with van der Waals surface area (Å²) in [4.78, 5) is 21.7. The molecule has 196 valence electrons. The van der Waals surface area contributed by atoms with Gasteiger partial charge in [0.1, 0.15) is 10.8 Å². The number of aliphatic imine (C=N–C) groups is 1. The molecule has 4 rings (SSSR count). The van der Waals surface area contributed by atoms with E-state index in [1.165, 1.54) is 4.88 Å². The summed E-state index contributed by atoms with van der Waals surface area (Å²) >= 11 is 7.61. The summed E-state index contributed by atoms with van der Waals surface area (Å²) in [5.74, 6) is 0.566. The van der Waals surface area contributed by atoms with Gasteiger partial charge in [-0.3, -0.25) is 4.79 Å². The van der Waals surface area contributed by atoms with Gasteiger partial charge in [-0.2, -0.15) is 0 Å². The molecule has 0 unspecified atom stereocenters. The van der Waals surface area contributed by atoms with Crippen LogP contribution >= 0.6 is 22.9 Å². The highest BCUT2D eigenvalue weighted by Gasteiger charge is 2.33. The van der Waals surface area contributed by atoms with Crippen molar-refractivity contribution in [3.8, 4) is 5.75 Å². The largest absolute Gasteiger partial charge is 0.507 e. The summed E-state index contributed by atoms with van der Waals surface area (Å²) in [6.45, 7) is 12.8. The molecule has 1 atom stereocenters. The second kappa shape index (κ2) is 11.3. The van der Waals surface area contributed by atoms with Crippen LogP contribution in [0, 0.1) is 11.3 Å². The molecular weight excluding hydrogens is 502 g/mol. The summed E-state index contributed by atoms with van der Waals surface area (Å²) in [7, 11) is 0. The van der Waals surface area contributed by atoms with E-state index < -0.39 is 0 Å². The second-order valence-corrected chi connectivity index (χ2v) is 12.1. The maximum atomic E-state index is 13.5. The lowest BCUT2D eigenvalue weighted by Crippen LogP contribution is -2.27. The standard InChI is InChI=1S/C30H36ClN3O2S/c1-6-34(7-2)23-14-8-19(25(35)17-23)18-32-29-27(28(36)33-22-12-10-21(31)11-13-22)24-15-9-20(30(3,4)5)16-26(24)37-29/h8,10-14,17-18,20,35H,6-7,9,15-16H2,1-5H3,(H,33,36)/t20-/m0/s1. The van der Waals surface area contributed by atoms with Crippen molar-refractivity contribution in [2.45, 2.75) is 53.9 Å². The van der Waals surface area contributed by atoms with E-state index in [0.717, 1.165) is 43.6 Å². The summed E-state index contributed by atoms with van der Waals surface area (Å²) in [5.41, 5.74) is 4.23. The zero-order valence-electron chi connectivity index (χ0n) is 22.3. The monoisotopic (exact) mass is 537 g/mol. The van der Waals surface area contributed by atoms with Gasteiger partial charge < -0.3 is 15.3 Å². The summed E-state index contributed by atoms with van der Waals surface area (Å²) < 4.78 is 0. The van der Waals surface area contributed by atoms with Gasteiger partial charge in [0.05, 0.1) is 5.56 Å². The molecule has 1 aromatic heterocycles. The third-order valence-electron chi connectivity index (χ3n) is 7.26. The van der Waals surface area contributed by atoms with E-state index in [1.807, 2.05) is 12.1 Å². The molecule has 5 nitrogen and oxygen atoms in total. The first kappa shape index (κ1) is 27.2. The maximum Gasteiger partial charge on any atom is 0.259 e. The van der Waals surface area contributed by atoms with Crippen LogP contribution in [0.5, 0.6) is 5.75 Å². The number of benzene rings is 2. The van der Waals surface area contributed by atoms with E-state index in [9.17, 15) is 9.90 Å². The fourth-order valence-corrected chi connectivity index (χ4v) is 6.31. The number of phenols is 1. The van der Waals surface area contributed by atoms with Crippen molar-refractivity contribution in [2.75, 3.05) is 23.3 Å². The third-order valence-corrected chi connectivity index (χ3v) is 8.68. The molecule has 2 N–H and O–H groups in total. The van der Waals surface area contributed by atoms with Crippen LogP contribution in [0.3, 0.4) is 0 Å². The lowest BCUT2D eigenvalue weighted by Gasteiger charge is -2.33. The van der Waals surface area contributed by atoms with Crippen LogP contribution in [0.1, 0.15) is 67.4 Å². The molecule has 1 aliphatic carbocycles. The van der Waals surface area contributed by atoms with Crippen LogP contribution in [-0.4, -0.2) is 30.3 Å². The first-order chi connectivity index (χ1) is 17.6. The fraction of sp³-hybridized carbons (Fsp3) is 0.400. The van der Waals surface area contributed by atoms with Gasteiger partial charge >= 0.3 is 0 Å². The SMILES string of the molecule is CCN(CC)c1ccc(C=Nc2sc3c(c2C(=O)Nc2ccc(Cl)cc2)CC[C@H](C(C)(C)C)C3)c(O)c1. The minimum atomic E-state index is -0.165. The molecule has 0 fully saturated rings.